The van der Waals surface area contributed by atoms with E-state index in [-0.39, 0.29) is 5.92 Å². The Morgan fingerprint density at radius 1 is 0.720 bits per heavy atom. The molecule has 0 spiro atoms. The number of nitrogens with zero attached hydrogens (tertiary/aromatic N) is 1. The van der Waals surface area contributed by atoms with Crippen molar-refractivity contribution in [3.8, 4) is 50.4 Å². The molecule has 1 unspecified atom stereocenters. The predicted molar refractivity (Wildman–Crippen MR) is 211 cm³/mol. The van der Waals surface area contributed by atoms with E-state index in [0.717, 1.165) is 52.9 Å². The molecule has 2 aromatic heterocycles. The van der Waals surface area contributed by atoms with Gasteiger partial charge in [0.2, 0.25) is 0 Å². The molecule has 1 aliphatic heterocycles. The number of benzene rings is 5. The van der Waals surface area contributed by atoms with E-state index < -0.39 is 0 Å². The zero-order valence-electron chi connectivity index (χ0n) is 28.2. The van der Waals surface area contributed by atoms with Gasteiger partial charge in [0.15, 0.2) is 0 Å². The van der Waals surface area contributed by atoms with Gasteiger partial charge < -0.3 is 4.74 Å². The van der Waals surface area contributed by atoms with Crippen LogP contribution in [0.5, 0.6) is 5.75 Å². The van der Waals surface area contributed by atoms with Gasteiger partial charge in [-0.2, -0.15) is 0 Å². The maximum atomic E-state index is 6.68. The number of rotatable bonds is 4. The Morgan fingerprint density at radius 3 is 2.38 bits per heavy atom. The fourth-order valence-electron chi connectivity index (χ4n) is 8.36. The lowest BCUT2D eigenvalue weighted by Gasteiger charge is -2.18. The topological polar surface area (TPSA) is 22.1 Å². The van der Waals surface area contributed by atoms with Gasteiger partial charge in [0.05, 0.1) is 17.1 Å². The lowest BCUT2D eigenvalue weighted by atomic mass is 9.85. The maximum absolute atomic E-state index is 6.68. The minimum atomic E-state index is 0.152. The SMILES string of the molecule is Cc1ccccc1-c1cccc(-c2cc(-c3nc4ccccc4c4c3C3CC=CC=C3O4)cc(-c3cccc4c5c(sc34)C=CCC5)c2)c1C. The summed E-state index contributed by atoms with van der Waals surface area (Å²) in [7, 11) is 0. The third-order valence-electron chi connectivity index (χ3n) is 10.8. The van der Waals surface area contributed by atoms with E-state index in [1.807, 2.05) is 11.3 Å². The van der Waals surface area contributed by atoms with Crippen LogP contribution in [0.2, 0.25) is 0 Å². The zero-order chi connectivity index (χ0) is 33.3. The van der Waals surface area contributed by atoms with Crippen molar-refractivity contribution in [1.29, 1.82) is 0 Å². The second kappa shape index (κ2) is 11.5. The fraction of sp³-hybridized carbons (Fsp3) is 0.128. The molecule has 0 fully saturated rings. The van der Waals surface area contributed by atoms with E-state index in [0.29, 0.717) is 0 Å². The lowest BCUT2D eigenvalue weighted by Crippen LogP contribution is -2.02. The molecule has 0 bridgehead atoms. The molecule has 0 radical (unpaired) electrons. The van der Waals surface area contributed by atoms with Gasteiger partial charge in [-0.15, -0.1) is 11.3 Å². The van der Waals surface area contributed by atoms with Crippen LogP contribution in [0.4, 0.5) is 0 Å². The summed E-state index contributed by atoms with van der Waals surface area (Å²) < 4.78 is 8.04. The van der Waals surface area contributed by atoms with Gasteiger partial charge in [0.1, 0.15) is 11.5 Å². The average Bonchev–Trinajstić information content (AvgIpc) is 3.74. The minimum absolute atomic E-state index is 0.152. The molecule has 2 nitrogen and oxygen atoms in total. The Balaban J connectivity index is 1.25. The maximum Gasteiger partial charge on any atom is 0.142 e. The molecule has 3 heterocycles. The van der Waals surface area contributed by atoms with Crippen LogP contribution in [0.1, 0.15) is 45.9 Å². The summed E-state index contributed by atoms with van der Waals surface area (Å²) in [6, 6.07) is 37.9. The Labute approximate surface area is 296 Å². The summed E-state index contributed by atoms with van der Waals surface area (Å²) in [6.07, 6.45) is 14.2. The normalized spacial score (nSPS) is 15.9. The van der Waals surface area contributed by atoms with Gasteiger partial charge >= 0.3 is 0 Å². The van der Waals surface area contributed by atoms with Crippen LogP contribution in [-0.4, -0.2) is 4.98 Å². The lowest BCUT2D eigenvalue weighted by molar-refractivity contribution is 0.429. The Hall–Kier alpha value is -5.51. The third-order valence-corrected chi connectivity index (χ3v) is 12.1. The molecular weight excluding hydrogens is 627 g/mol. The molecule has 2 aliphatic carbocycles. The van der Waals surface area contributed by atoms with Gasteiger partial charge in [-0.3, -0.25) is 0 Å². The first-order chi connectivity index (χ1) is 24.6. The first-order valence-corrected chi connectivity index (χ1v) is 18.4. The van der Waals surface area contributed by atoms with Gasteiger partial charge in [-0.25, -0.2) is 4.98 Å². The smallest absolute Gasteiger partial charge is 0.142 e. The molecule has 0 saturated heterocycles. The summed E-state index contributed by atoms with van der Waals surface area (Å²) in [6.45, 7) is 4.48. The molecule has 3 heteroatoms. The van der Waals surface area contributed by atoms with Gasteiger partial charge in [-0.05, 0) is 131 Å². The first-order valence-electron chi connectivity index (χ1n) is 17.6. The van der Waals surface area contributed by atoms with Crippen LogP contribution < -0.4 is 4.74 Å². The number of hydrogen-bond donors (Lipinski definition) is 0. The second-order valence-corrected chi connectivity index (χ2v) is 14.8. The monoisotopic (exact) mass is 661 g/mol. The van der Waals surface area contributed by atoms with Crippen molar-refractivity contribution in [3.63, 3.8) is 0 Å². The van der Waals surface area contributed by atoms with Crippen molar-refractivity contribution in [1.82, 2.24) is 4.98 Å². The number of pyridine rings is 1. The molecule has 5 aromatic carbocycles. The van der Waals surface area contributed by atoms with Gasteiger partial charge in [0.25, 0.3) is 0 Å². The molecular formula is C47H35NOS. The molecule has 240 valence electrons. The Bertz CT molecular complexity index is 2630. The van der Waals surface area contributed by atoms with Gasteiger partial charge in [0, 0.05) is 26.1 Å². The van der Waals surface area contributed by atoms with Crippen LogP contribution >= 0.6 is 11.3 Å². The number of thiophene rings is 1. The standard InChI is InChI=1S/C47H35NOS/c1-28-13-3-4-14-33(28)35-19-11-18-34(29(35)2)30-25-31(36-20-12-21-38-37-15-7-10-24-43(37)50-47(36)38)27-32(26-30)45-44-40-17-6-9-23-42(40)49-46(44)39-16-5-8-22-41(39)48-45/h3-6,8-14,16,18-27,40H,7,15,17H2,1-2H3. The first kappa shape index (κ1) is 29.4. The molecule has 50 heavy (non-hydrogen) atoms. The summed E-state index contributed by atoms with van der Waals surface area (Å²) in [5, 5.41) is 2.46. The van der Waals surface area contributed by atoms with E-state index in [1.54, 1.807) is 0 Å². The average molecular weight is 662 g/mol. The quantitative estimate of drug-likeness (QED) is 0.187. The van der Waals surface area contributed by atoms with E-state index in [2.05, 4.69) is 147 Å². The van der Waals surface area contributed by atoms with E-state index in [4.69, 9.17) is 9.72 Å². The third kappa shape index (κ3) is 4.57. The fourth-order valence-corrected chi connectivity index (χ4v) is 9.68. The van der Waals surface area contributed by atoms with Crippen LogP contribution in [0.15, 0.2) is 133 Å². The van der Waals surface area contributed by atoms with E-state index >= 15 is 0 Å². The zero-order valence-corrected chi connectivity index (χ0v) is 29.0. The molecule has 7 aromatic rings. The number of fused-ring (bicyclic) bond motifs is 8. The van der Waals surface area contributed by atoms with Crippen molar-refractivity contribution in [2.75, 3.05) is 0 Å². The van der Waals surface area contributed by atoms with Crippen LogP contribution in [-0.2, 0) is 6.42 Å². The number of allylic oxidation sites excluding steroid dienone is 5. The Kier molecular flexibility index (Phi) is 6.79. The highest BCUT2D eigenvalue weighted by Crippen LogP contribution is 2.52. The largest absolute Gasteiger partial charge is 0.460 e. The number of ether oxygens (including phenoxy) is 1. The van der Waals surface area contributed by atoms with E-state index in [1.165, 1.54) is 70.6 Å². The number of aromatic nitrogens is 1. The molecule has 1 atom stereocenters. The minimum Gasteiger partial charge on any atom is -0.460 e. The second-order valence-electron chi connectivity index (χ2n) is 13.8. The molecule has 3 aliphatic rings. The highest BCUT2D eigenvalue weighted by Gasteiger charge is 2.35. The van der Waals surface area contributed by atoms with Crippen LogP contribution in [0.25, 0.3) is 71.7 Å². The van der Waals surface area contributed by atoms with Crippen molar-refractivity contribution in [3.05, 3.63) is 160 Å². The summed E-state index contributed by atoms with van der Waals surface area (Å²) in [5.41, 5.74) is 15.8. The predicted octanol–water partition coefficient (Wildman–Crippen LogP) is 13.0. The molecule has 10 rings (SSSR count). The highest BCUT2D eigenvalue weighted by atomic mass is 32.1. The van der Waals surface area contributed by atoms with Gasteiger partial charge in [-0.1, -0.05) is 91.0 Å². The Morgan fingerprint density at radius 2 is 1.46 bits per heavy atom. The van der Waals surface area contributed by atoms with Crippen molar-refractivity contribution < 1.29 is 4.74 Å². The molecule has 0 saturated carbocycles. The molecule has 0 amide bonds. The van der Waals surface area contributed by atoms with Crippen molar-refractivity contribution in [2.45, 2.75) is 39.0 Å². The summed E-state index contributed by atoms with van der Waals surface area (Å²) >= 11 is 1.93. The summed E-state index contributed by atoms with van der Waals surface area (Å²) in [5.74, 6) is 2.12. The number of hydrogen-bond acceptors (Lipinski definition) is 3. The van der Waals surface area contributed by atoms with Crippen molar-refractivity contribution >= 4 is 38.4 Å². The van der Waals surface area contributed by atoms with E-state index in [9.17, 15) is 0 Å². The van der Waals surface area contributed by atoms with Crippen LogP contribution in [0, 0.1) is 13.8 Å². The summed E-state index contributed by atoms with van der Waals surface area (Å²) in [4.78, 5) is 6.85. The molecule has 0 N–H and O–H groups in total. The van der Waals surface area contributed by atoms with Crippen LogP contribution in [0.3, 0.4) is 0 Å². The number of aryl methyl sites for hydroxylation is 2. The highest BCUT2D eigenvalue weighted by molar-refractivity contribution is 7.20. The van der Waals surface area contributed by atoms with Crippen molar-refractivity contribution in [2.24, 2.45) is 0 Å². The number of para-hydroxylation sites is 1.